The van der Waals surface area contributed by atoms with Crippen LogP contribution < -0.4 is 19.1 Å². The Morgan fingerprint density at radius 2 is 1.75 bits per heavy atom. The van der Waals surface area contributed by atoms with Crippen LogP contribution in [0.2, 0.25) is 0 Å². The Morgan fingerprint density at radius 1 is 1.00 bits per heavy atom. The van der Waals surface area contributed by atoms with Gasteiger partial charge < -0.3 is 24.2 Å². The number of Topliss-reactive ketones (excluding diaryl/α,β-unsaturated/α-hetero) is 1. The summed E-state index contributed by atoms with van der Waals surface area (Å²) in [6, 6.07) is 21.1. The van der Waals surface area contributed by atoms with E-state index in [9.17, 15) is 14.7 Å². The van der Waals surface area contributed by atoms with Crippen LogP contribution in [0.25, 0.3) is 0 Å². The molecule has 1 atom stereocenters. The number of nitrogens with zero attached hydrogens (tertiary/aromatic N) is 1. The second kappa shape index (κ2) is 8.01. The van der Waals surface area contributed by atoms with Gasteiger partial charge in [0.25, 0.3) is 5.91 Å². The van der Waals surface area contributed by atoms with Gasteiger partial charge in [0.1, 0.15) is 12.4 Å². The number of ketones is 1. The van der Waals surface area contributed by atoms with Gasteiger partial charge in [-0.3, -0.25) is 9.59 Å². The molecule has 1 N–H and O–H groups in total. The van der Waals surface area contributed by atoms with Crippen molar-refractivity contribution in [3.05, 3.63) is 83.9 Å². The second-order valence-corrected chi connectivity index (χ2v) is 7.66. The smallest absolute Gasteiger partial charge is 0.264 e. The van der Waals surface area contributed by atoms with Crippen molar-refractivity contribution in [3.8, 4) is 17.2 Å². The predicted octanol–water partition coefficient (Wildman–Crippen LogP) is 3.30. The fourth-order valence-corrected chi connectivity index (χ4v) is 4.08. The van der Waals surface area contributed by atoms with Crippen molar-refractivity contribution in [3.63, 3.8) is 0 Å². The molecule has 2 aliphatic heterocycles. The zero-order chi connectivity index (χ0) is 22.1. The van der Waals surface area contributed by atoms with E-state index in [1.54, 1.807) is 42.5 Å². The molecule has 7 heteroatoms. The minimum Gasteiger partial charge on any atom is -0.492 e. The number of para-hydroxylation sites is 2. The summed E-state index contributed by atoms with van der Waals surface area (Å²) < 4.78 is 16.3. The lowest BCUT2D eigenvalue weighted by molar-refractivity contribution is -0.135. The molecule has 32 heavy (non-hydrogen) atoms. The quantitative estimate of drug-likeness (QED) is 0.578. The molecule has 0 radical (unpaired) electrons. The van der Waals surface area contributed by atoms with Gasteiger partial charge >= 0.3 is 0 Å². The first-order chi connectivity index (χ1) is 15.6. The predicted molar refractivity (Wildman–Crippen MR) is 116 cm³/mol. The van der Waals surface area contributed by atoms with Crippen LogP contribution in [-0.4, -0.2) is 36.7 Å². The van der Waals surface area contributed by atoms with Gasteiger partial charge in [0.05, 0.1) is 18.7 Å². The number of amides is 1. The summed E-state index contributed by atoms with van der Waals surface area (Å²) >= 11 is 0. The Bertz CT molecular complexity index is 1180. The lowest BCUT2D eigenvalue weighted by Gasteiger charge is -2.23. The van der Waals surface area contributed by atoms with Crippen molar-refractivity contribution in [2.75, 3.05) is 24.8 Å². The summed E-state index contributed by atoms with van der Waals surface area (Å²) in [7, 11) is 0. The number of fused-ring (bicyclic) bond motifs is 2. The van der Waals surface area contributed by atoms with Gasteiger partial charge in [-0.05, 0) is 36.4 Å². The van der Waals surface area contributed by atoms with Crippen LogP contribution in [0.5, 0.6) is 17.2 Å². The maximum atomic E-state index is 13.3. The molecule has 0 bridgehead atoms. The summed E-state index contributed by atoms with van der Waals surface area (Å²) in [4.78, 5) is 27.8. The van der Waals surface area contributed by atoms with Crippen molar-refractivity contribution >= 4 is 17.4 Å². The van der Waals surface area contributed by atoms with Crippen LogP contribution in [0, 0.1) is 0 Å². The third-order valence-corrected chi connectivity index (χ3v) is 5.68. The van der Waals surface area contributed by atoms with Crippen LogP contribution in [0.4, 0.5) is 5.69 Å². The SMILES string of the molecule is O=C(CC1(O)C(=O)N(CCOc2ccccc2)c2ccccc21)c1ccc2c(c1)OCO2. The number of aliphatic hydroxyl groups is 1. The van der Waals surface area contributed by atoms with Crippen LogP contribution >= 0.6 is 0 Å². The summed E-state index contributed by atoms with van der Waals surface area (Å²) in [5.74, 6) is 0.828. The first-order valence-electron chi connectivity index (χ1n) is 10.3. The van der Waals surface area contributed by atoms with Gasteiger partial charge in [0, 0.05) is 11.1 Å². The van der Waals surface area contributed by atoms with Gasteiger partial charge in [-0.25, -0.2) is 0 Å². The molecular formula is C25H21NO6. The highest BCUT2D eigenvalue weighted by atomic mass is 16.7. The van der Waals surface area contributed by atoms with Gasteiger partial charge in [0.2, 0.25) is 6.79 Å². The van der Waals surface area contributed by atoms with E-state index in [1.807, 2.05) is 30.3 Å². The largest absolute Gasteiger partial charge is 0.492 e. The Hall–Kier alpha value is -3.84. The number of carbonyl (C=O) groups is 2. The molecule has 0 saturated heterocycles. The lowest BCUT2D eigenvalue weighted by atomic mass is 9.88. The van der Waals surface area contributed by atoms with E-state index in [4.69, 9.17) is 14.2 Å². The van der Waals surface area contributed by atoms with Crippen LogP contribution in [0.15, 0.2) is 72.8 Å². The molecule has 0 fully saturated rings. The third kappa shape index (κ3) is 3.46. The molecule has 0 aromatic heterocycles. The Morgan fingerprint density at radius 3 is 2.59 bits per heavy atom. The Balaban J connectivity index is 1.36. The number of anilines is 1. The molecule has 3 aromatic rings. The highest BCUT2D eigenvalue weighted by Gasteiger charge is 2.50. The van der Waals surface area contributed by atoms with Crippen molar-refractivity contribution in [2.24, 2.45) is 0 Å². The summed E-state index contributed by atoms with van der Waals surface area (Å²) in [6.07, 6.45) is -0.376. The molecule has 5 rings (SSSR count). The molecule has 2 aliphatic rings. The van der Waals surface area contributed by atoms with E-state index < -0.39 is 11.5 Å². The van der Waals surface area contributed by atoms with Crippen LogP contribution in [0.1, 0.15) is 22.3 Å². The molecule has 0 saturated carbocycles. The third-order valence-electron chi connectivity index (χ3n) is 5.68. The molecule has 162 valence electrons. The monoisotopic (exact) mass is 431 g/mol. The molecule has 1 amide bonds. The number of hydrogen-bond acceptors (Lipinski definition) is 6. The average Bonchev–Trinajstić information content (AvgIpc) is 3.37. The summed E-state index contributed by atoms with van der Waals surface area (Å²) in [6.45, 7) is 0.588. The van der Waals surface area contributed by atoms with Crippen LogP contribution in [0.3, 0.4) is 0 Å². The molecule has 3 aromatic carbocycles. The Kier molecular flexibility index (Phi) is 5.03. The minimum atomic E-state index is -1.95. The van der Waals surface area contributed by atoms with E-state index in [0.717, 1.165) is 0 Å². The van der Waals surface area contributed by atoms with E-state index in [-0.39, 0.29) is 32.1 Å². The fraction of sp³-hybridized carbons (Fsp3) is 0.200. The number of hydrogen-bond donors (Lipinski definition) is 1. The molecule has 1 unspecified atom stereocenters. The summed E-state index contributed by atoms with van der Waals surface area (Å²) in [5.41, 5.74) is -0.607. The molecule has 7 nitrogen and oxygen atoms in total. The van der Waals surface area contributed by atoms with Gasteiger partial charge in [-0.1, -0.05) is 36.4 Å². The van der Waals surface area contributed by atoms with E-state index in [2.05, 4.69) is 0 Å². The fourth-order valence-electron chi connectivity index (χ4n) is 4.08. The minimum absolute atomic E-state index is 0.1000. The van der Waals surface area contributed by atoms with E-state index >= 15 is 0 Å². The molecule has 0 aliphatic carbocycles. The van der Waals surface area contributed by atoms with Crippen LogP contribution in [-0.2, 0) is 10.4 Å². The standard InChI is InChI=1S/C25H21NO6/c27-21(17-10-11-22-23(14-17)32-16-31-22)15-25(29)19-8-4-5-9-20(19)26(24(25)28)12-13-30-18-6-2-1-3-7-18/h1-11,14,29H,12-13,15-16H2. The molecule has 2 heterocycles. The molecular weight excluding hydrogens is 410 g/mol. The molecule has 0 spiro atoms. The van der Waals surface area contributed by atoms with E-state index in [0.29, 0.717) is 34.1 Å². The normalized spacial score (nSPS) is 18.5. The van der Waals surface area contributed by atoms with Gasteiger partial charge in [-0.15, -0.1) is 0 Å². The van der Waals surface area contributed by atoms with Crippen molar-refractivity contribution in [1.82, 2.24) is 0 Å². The van der Waals surface area contributed by atoms with E-state index in [1.165, 1.54) is 4.90 Å². The van der Waals surface area contributed by atoms with Crippen molar-refractivity contribution < 1.29 is 28.9 Å². The highest BCUT2D eigenvalue weighted by molar-refractivity contribution is 6.10. The average molecular weight is 431 g/mol. The zero-order valence-electron chi connectivity index (χ0n) is 17.2. The number of ether oxygens (including phenoxy) is 3. The zero-order valence-corrected chi connectivity index (χ0v) is 17.2. The van der Waals surface area contributed by atoms with Gasteiger partial charge in [-0.2, -0.15) is 0 Å². The van der Waals surface area contributed by atoms with Crippen molar-refractivity contribution in [2.45, 2.75) is 12.0 Å². The maximum Gasteiger partial charge on any atom is 0.264 e. The number of carbonyl (C=O) groups excluding carboxylic acids is 2. The Labute approximate surface area is 184 Å². The topological polar surface area (TPSA) is 85.3 Å². The van der Waals surface area contributed by atoms with Crippen molar-refractivity contribution in [1.29, 1.82) is 0 Å². The maximum absolute atomic E-state index is 13.3. The number of benzene rings is 3. The summed E-state index contributed by atoms with van der Waals surface area (Å²) in [5, 5.41) is 11.4. The van der Waals surface area contributed by atoms with Gasteiger partial charge in [0.15, 0.2) is 22.9 Å². The number of rotatable bonds is 7. The highest BCUT2D eigenvalue weighted by Crippen LogP contribution is 2.43. The second-order valence-electron chi connectivity index (χ2n) is 7.66. The first kappa shape index (κ1) is 20.1. The first-order valence-corrected chi connectivity index (χ1v) is 10.3. The lowest BCUT2D eigenvalue weighted by Crippen LogP contribution is -2.43.